The molecule has 4 nitrogen and oxygen atoms in total. The van der Waals surface area contributed by atoms with E-state index in [4.69, 9.17) is 15.8 Å². The van der Waals surface area contributed by atoms with Crippen LogP contribution in [0, 0.1) is 39.8 Å². The van der Waals surface area contributed by atoms with Gasteiger partial charge in [-0.3, -0.25) is 0 Å². The van der Waals surface area contributed by atoms with Gasteiger partial charge >= 0.3 is 0 Å². The molecular weight excluding hydrogens is 907 g/mol. The first-order valence-corrected chi connectivity index (χ1v) is 20.2. The Balaban J connectivity index is 0.000000212. The predicted molar refractivity (Wildman–Crippen MR) is 240 cm³/mol. The van der Waals surface area contributed by atoms with Crippen LogP contribution < -0.4 is 0 Å². The fourth-order valence-corrected chi connectivity index (χ4v) is 8.42. The zero-order valence-corrected chi connectivity index (χ0v) is 37.7. The van der Waals surface area contributed by atoms with Gasteiger partial charge in [-0.25, -0.2) is 4.98 Å². The van der Waals surface area contributed by atoms with Gasteiger partial charge < -0.3 is 14.4 Å². The maximum Gasteiger partial charge on any atom is 0.148 e. The molecule has 0 spiro atoms. The third-order valence-corrected chi connectivity index (χ3v) is 11.9. The summed E-state index contributed by atoms with van der Waals surface area (Å²) >= 11 is 1.73. The van der Waals surface area contributed by atoms with E-state index in [1.54, 1.807) is 11.3 Å². The van der Waals surface area contributed by atoms with E-state index < -0.39 is 5.89 Å². The first-order chi connectivity index (χ1) is 27.7. The average molecular weight is 955 g/mol. The van der Waals surface area contributed by atoms with Crippen LogP contribution in [0.25, 0.3) is 76.9 Å². The molecular formula is C52H47IrN3OS-2. The van der Waals surface area contributed by atoms with Crippen molar-refractivity contribution in [3.8, 4) is 44.8 Å². The summed E-state index contributed by atoms with van der Waals surface area (Å²) in [6, 6.07) is 42.2. The molecule has 0 aliphatic carbocycles. The number of hydrogen-bond acceptors (Lipinski definition) is 5. The first-order valence-electron chi connectivity index (χ1n) is 19.9. The molecule has 0 N–H and O–H groups in total. The molecule has 0 aliphatic heterocycles. The zero-order chi connectivity index (χ0) is 40.9. The molecule has 6 heteroatoms. The Labute approximate surface area is 361 Å². The molecule has 0 fully saturated rings. The molecule has 9 aromatic rings. The Morgan fingerprint density at radius 2 is 1.43 bits per heavy atom. The summed E-state index contributed by atoms with van der Waals surface area (Å²) in [6.45, 7) is 18.8. The first kappa shape index (κ1) is 39.6. The number of fused-ring (bicyclic) bond motifs is 5. The fourth-order valence-electron chi connectivity index (χ4n) is 7.40. The van der Waals surface area contributed by atoms with Crippen LogP contribution in [-0.2, 0) is 25.5 Å². The van der Waals surface area contributed by atoms with Gasteiger partial charge in [-0.2, -0.15) is 0 Å². The number of furan rings is 1. The van der Waals surface area contributed by atoms with Crippen LogP contribution in [0.2, 0.25) is 0 Å². The van der Waals surface area contributed by atoms with E-state index in [-0.39, 0.29) is 25.5 Å². The van der Waals surface area contributed by atoms with Crippen molar-refractivity contribution in [3.63, 3.8) is 0 Å². The normalized spacial score (nSPS) is 12.0. The molecule has 293 valence electrons. The largest absolute Gasteiger partial charge is 0.498 e. The molecule has 0 saturated heterocycles. The van der Waals surface area contributed by atoms with Gasteiger partial charge in [0.05, 0.1) is 15.3 Å². The Hall–Kier alpha value is -5.26. The molecule has 0 aliphatic rings. The number of rotatable bonds is 5. The Kier molecular flexibility index (Phi) is 11.3. The zero-order valence-electron chi connectivity index (χ0n) is 35.5. The van der Waals surface area contributed by atoms with Crippen molar-refractivity contribution in [1.29, 1.82) is 0 Å². The van der Waals surface area contributed by atoms with Crippen molar-refractivity contribution in [2.75, 3.05) is 0 Å². The third kappa shape index (κ3) is 7.94. The van der Waals surface area contributed by atoms with Gasteiger partial charge in [0.1, 0.15) is 11.1 Å². The minimum Gasteiger partial charge on any atom is -0.498 e. The molecule has 1 radical (unpaired) electrons. The van der Waals surface area contributed by atoms with Gasteiger partial charge in [0.25, 0.3) is 0 Å². The summed E-state index contributed by atoms with van der Waals surface area (Å²) in [5.41, 5.74) is 16.4. The van der Waals surface area contributed by atoms with Crippen molar-refractivity contribution in [1.82, 2.24) is 15.0 Å². The van der Waals surface area contributed by atoms with Gasteiger partial charge in [-0.05, 0) is 88.6 Å². The molecule has 4 heterocycles. The maximum atomic E-state index is 8.83. The van der Waals surface area contributed by atoms with Gasteiger partial charge in [0.15, 0.2) is 0 Å². The molecule has 0 atom stereocenters. The molecule has 58 heavy (non-hydrogen) atoms. The molecule has 9 rings (SSSR count). The Morgan fingerprint density at radius 1 is 0.724 bits per heavy atom. The second-order valence-electron chi connectivity index (χ2n) is 16.2. The topological polar surface area (TPSA) is 51.8 Å². The summed E-state index contributed by atoms with van der Waals surface area (Å²) in [5, 5.41) is 3.18. The SMILES string of the molecule is Cc1c[c-]c(-c2cc(-c3ccccc3)c(C)cn2)cc1.[2H]C(C)(C)c1cnc(-c2[c-]ccc3c2oc2c3ccc3sc(C(C)(C)C)nc32)cc1-c1c(C)cccc1C.[Ir]. The number of pyridine rings is 2. The minimum absolute atomic E-state index is 0. The quantitative estimate of drug-likeness (QED) is 0.161. The van der Waals surface area contributed by atoms with Crippen LogP contribution in [-0.4, -0.2) is 15.0 Å². The molecule has 0 unspecified atom stereocenters. The Morgan fingerprint density at radius 3 is 2.12 bits per heavy atom. The van der Waals surface area contributed by atoms with Crippen LogP contribution in [0.1, 0.15) is 74.7 Å². The summed E-state index contributed by atoms with van der Waals surface area (Å²) in [5.74, 6) is -0.800. The van der Waals surface area contributed by atoms with Gasteiger partial charge in [-0.1, -0.05) is 119 Å². The second-order valence-corrected chi connectivity index (χ2v) is 17.2. The van der Waals surface area contributed by atoms with E-state index >= 15 is 0 Å². The second kappa shape index (κ2) is 16.5. The minimum atomic E-state index is -0.800. The Bertz CT molecular complexity index is 2930. The molecule has 4 aromatic heterocycles. The van der Waals surface area contributed by atoms with E-state index in [0.717, 1.165) is 76.4 Å². The van der Waals surface area contributed by atoms with E-state index in [0.29, 0.717) is 0 Å². The summed E-state index contributed by atoms with van der Waals surface area (Å²) in [4.78, 5) is 14.4. The standard InChI is InChI=1S/C33H31N2OS.C19H16N.Ir/c1-18(2)25-17-34-26(16-24(25)28-19(3)10-8-11-20(28)4)23-13-9-12-21-22-14-15-27-29(31(22)36-30(21)23)35-32(37-27)33(5,6)7;1-14-8-10-17(11-9-14)19-12-18(15(2)13-20-19)16-6-4-3-5-7-16;/h8-12,14-18H,1-7H3;3-10,12-13H,1-2H3;/q2*-1;/i18D;;. The maximum absolute atomic E-state index is 8.83. The van der Waals surface area contributed by atoms with Crippen LogP contribution in [0.15, 0.2) is 120 Å². The third-order valence-electron chi connectivity index (χ3n) is 10.5. The van der Waals surface area contributed by atoms with Gasteiger partial charge in [0, 0.05) is 44.7 Å². The van der Waals surface area contributed by atoms with Gasteiger partial charge in [-0.15, -0.1) is 64.9 Å². The van der Waals surface area contributed by atoms with Gasteiger partial charge in [0.2, 0.25) is 0 Å². The van der Waals surface area contributed by atoms with E-state index in [1.807, 2.05) is 44.4 Å². The van der Waals surface area contributed by atoms with Crippen LogP contribution in [0.3, 0.4) is 0 Å². The summed E-state index contributed by atoms with van der Waals surface area (Å²) in [7, 11) is 0. The monoisotopic (exact) mass is 955 g/mol. The number of nitrogens with zero attached hydrogens (tertiary/aromatic N) is 3. The molecule has 0 amide bonds. The molecule has 5 aromatic carbocycles. The summed E-state index contributed by atoms with van der Waals surface area (Å²) < 4.78 is 16.6. The average Bonchev–Trinajstić information content (AvgIpc) is 3.81. The number of aryl methyl sites for hydroxylation is 4. The van der Waals surface area contributed by atoms with E-state index in [2.05, 4.69) is 151 Å². The number of aromatic nitrogens is 3. The number of thiazole rings is 1. The molecule has 0 saturated carbocycles. The van der Waals surface area contributed by atoms with Crippen LogP contribution in [0.4, 0.5) is 0 Å². The van der Waals surface area contributed by atoms with Crippen molar-refractivity contribution in [3.05, 3.63) is 160 Å². The fraction of sp³-hybridized carbons (Fsp3) is 0.212. The van der Waals surface area contributed by atoms with Crippen molar-refractivity contribution >= 4 is 43.5 Å². The van der Waals surface area contributed by atoms with Crippen LogP contribution in [0.5, 0.6) is 0 Å². The smallest absolute Gasteiger partial charge is 0.148 e. The summed E-state index contributed by atoms with van der Waals surface area (Å²) in [6.07, 6.45) is 3.79. The van der Waals surface area contributed by atoms with Crippen molar-refractivity contribution < 1.29 is 25.9 Å². The number of benzene rings is 5. The predicted octanol–water partition coefficient (Wildman–Crippen LogP) is 14.6. The van der Waals surface area contributed by atoms with E-state index in [9.17, 15) is 0 Å². The van der Waals surface area contributed by atoms with Crippen molar-refractivity contribution in [2.24, 2.45) is 0 Å². The van der Waals surface area contributed by atoms with Crippen molar-refractivity contribution in [2.45, 2.75) is 73.6 Å². The number of hydrogen-bond donors (Lipinski definition) is 0. The molecule has 0 bridgehead atoms. The van der Waals surface area contributed by atoms with Crippen LogP contribution >= 0.6 is 11.3 Å². The van der Waals surface area contributed by atoms with E-state index in [1.165, 1.54) is 33.4 Å².